The molecule has 116 valence electrons. The van der Waals surface area contributed by atoms with Gasteiger partial charge in [0.25, 0.3) is 0 Å². The van der Waals surface area contributed by atoms with E-state index in [2.05, 4.69) is 20.4 Å². The Morgan fingerprint density at radius 1 is 1.13 bits per heavy atom. The highest BCUT2D eigenvalue weighted by Gasteiger charge is 2.17. The summed E-state index contributed by atoms with van der Waals surface area (Å²) in [5, 5.41) is 19.2. The van der Waals surface area contributed by atoms with E-state index in [1.54, 1.807) is 15.4 Å². The summed E-state index contributed by atoms with van der Waals surface area (Å²) in [6, 6.07) is 7.35. The van der Waals surface area contributed by atoms with Gasteiger partial charge in [0.05, 0.1) is 5.69 Å². The first-order valence-electron chi connectivity index (χ1n) is 6.76. The zero-order valence-electron chi connectivity index (χ0n) is 11.9. The van der Waals surface area contributed by atoms with Crippen molar-refractivity contribution in [2.45, 2.75) is 6.42 Å². The highest BCUT2D eigenvalue weighted by Crippen LogP contribution is 2.28. The van der Waals surface area contributed by atoms with Crippen molar-refractivity contribution < 1.29 is 0 Å². The molecule has 0 saturated carbocycles. The molecule has 4 rings (SSSR count). The predicted molar refractivity (Wildman–Crippen MR) is 90.1 cm³/mol. The summed E-state index contributed by atoms with van der Waals surface area (Å²) in [5.41, 5.74) is 1.75. The number of aryl methyl sites for hydroxylation is 1. The van der Waals surface area contributed by atoms with Crippen LogP contribution in [0.25, 0.3) is 15.7 Å². The van der Waals surface area contributed by atoms with E-state index in [0.29, 0.717) is 22.3 Å². The molecule has 1 aromatic carbocycles. The third-order valence-corrected chi connectivity index (χ3v) is 5.12. The lowest BCUT2D eigenvalue weighted by Crippen LogP contribution is -2.00. The van der Waals surface area contributed by atoms with Crippen LogP contribution in [0.15, 0.2) is 30.5 Å². The van der Waals surface area contributed by atoms with E-state index in [0.717, 1.165) is 21.2 Å². The fraction of sp³-hybridized carbons (Fsp3) is 0.143. The molecule has 0 amide bonds. The maximum Gasteiger partial charge on any atom is 0.235 e. The summed E-state index contributed by atoms with van der Waals surface area (Å²) in [6.45, 7) is 0. The first-order valence-corrected chi connectivity index (χ1v) is 8.33. The van der Waals surface area contributed by atoms with Crippen molar-refractivity contribution in [2.75, 3.05) is 0 Å². The lowest BCUT2D eigenvalue weighted by atomic mass is 10.1. The van der Waals surface area contributed by atoms with Gasteiger partial charge in [-0.1, -0.05) is 40.6 Å². The van der Waals surface area contributed by atoms with Crippen LogP contribution in [0.5, 0.6) is 0 Å². The van der Waals surface area contributed by atoms with Crippen LogP contribution < -0.4 is 0 Å². The number of hydrogen-bond acceptors (Lipinski definition) is 5. The first kappa shape index (κ1) is 14.6. The molecule has 9 heteroatoms. The Morgan fingerprint density at radius 3 is 2.61 bits per heavy atom. The normalized spacial score (nSPS) is 11.4. The molecular weight excluding hydrogens is 355 g/mol. The summed E-state index contributed by atoms with van der Waals surface area (Å²) >= 11 is 13.9. The zero-order valence-corrected chi connectivity index (χ0v) is 14.3. The van der Waals surface area contributed by atoms with Crippen molar-refractivity contribution in [2.24, 2.45) is 7.05 Å². The number of aromatic nitrogens is 6. The molecule has 0 radical (unpaired) electrons. The standard InChI is InChI=1S/C14H10Cl2N6S/c1-21-11(5-6-17-21)13-20-22-12(18-19-14(22)23-13)7-8-9(15)3-2-4-10(8)16/h2-6H,7H2,1H3. The van der Waals surface area contributed by atoms with Gasteiger partial charge in [-0.05, 0) is 23.8 Å². The summed E-state index contributed by atoms with van der Waals surface area (Å²) in [5.74, 6) is 0.694. The molecule has 6 nitrogen and oxygen atoms in total. The first-order chi connectivity index (χ1) is 11.1. The molecule has 0 spiro atoms. The van der Waals surface area contributed by atoms with Crippen LogP contribution in [0.3, 0.4) is 0 Å². The van der Waals surface area contributed by atoms with Crippen LogP contribution >= 0.6 is 34.5 Å². The van der Waals surface area contributed by atoms with Crippen molar-refractivity contribution >= 4 is 39.5 Å². The predicted octanol–water partition coefficient (Wildman–Crippen LogP) is 3.48. The third-order valence-electron chi connectivity index (χ3n) is 3.49. The Labute approximate surface area is 145 Å². The lowest BCUT2D eigenvalue weighted by molar-refractivity contribution is 0.770. The number of rotatable bonds is 3. The van der Waals surface area contributed by atoms with Crippen LogP contribution in [-0.4, -0.2) is 29.6 Å². The molecule has 0 aliphatic rings. The molecule has 0 fully saturated rings. The molecule has 0 N–H and O–H groups in total. The van der Waals surface area contributed by atoms with Gasteiger partial charge in [0.2, 0.25) is 4.96 Å². The topological polar surface area (TPSA) is 60.9 Å². The van der Waals surface area contributed by atoms with E-state index in [1.807, 2.05) is 31.3 Å². The van der Waals surface area contributed by atoms with Crippen LogP contribution in [-0.2, 0) is 13.5 Å². The van der Waals surface area contributed by atoms with Gasteiger partial charge in [-0.2, -0.15) is 14.7 Å². The fourth-order valence-electron chi connectivity index (χ4n) is 2.31. The molecule has 0 bridgehead atoms. The van der Waals surface area contributed by atoms with Gasteiger partial charge in [-0.15, -0.1) is 10.2 Å². The second-order valence-corrected chi connectivity index (χ2v) is 6.71. The van der Waals surface area contributed by atoms with E-state index in [4.69, 9.17) is 23.2 Å². The third kappa shape index (κ3) is 2.50. The number of nitrogens with zero attached hydrogens (tertiary/aromatic N) is 6. The highest BCUT2D eigenvalue weighted by molar-refractivity contribution is 7.19. The highest BCUT2D eigenvalue weighted by atomic mass is 35.5. The van der Waals surface area contributed by atoms with Gasteiger partial charge < -0.3 is 0 Å². The minimum absolute atomic E-state index is 0.467. The number of halogens is 2. The van der Waals surface area contributed by atoms with Gasteiger partial charge in [-0.25, -0.2) is 0 Å². The van der Waals surface area contributed by atoms with Crippen molar-refractivity contribution in [1.29, 1.82) is 0 Å². The minimum Gasteiger partial charge on any atom is -0.265 e. The fourth-order valence-corrected chi connectivity index (χ4v) is 3.76. The van der Waals surface area contributed by atoms with Gasteiger partial charge >= 0.3 is 0 Å². The maximum atomic E-state index is 6.23. The number of hydrogen-bond donors (Lipinski definition) is 0. The van der Waals surface area contributed by atoms with Gasteiger partial charge in [0.1, 0.15) is 0 Å². The Morgan fingerprint density at radius 2 is 1.91 bits per heavy atom. The van der Waals surface area contributed by atoms with Crippen LogP contribution in [0.1, 0.15) is 11.4 Å². The lowest BCUT2D eigenvalue weighted by Gasteiger charge is -2.04. The molecule has 4 aromatic rings. The number of benzene rings is 1. The van der Waals surface area contributed by atoms with Crippen LogP contribution in [0, 0.1) is 0 Å². The monoisotopic (exact) mass is 364 g/mol. The van der Waals surface area contributed by atoms with E-state index >= 15 is 0 Å². The quantitative estimate of drug-likeness (QED) is 0.558. The van der Waals surface area contributed by atoms with Crippen LogP contribution in [0.2, 0.25) is 10.0 Å². The Hall–Kier alpha value is -1.96. The molecule has 0 aliphatic carbocycles. The maximum absolute atomic E-state index is 6.23. The van der Waals surface area contributed by atoms with Crippen molar-refractivity contribution in [3.05, 3.63) is 51.9 Å². The molecule has 0 saturated heterocycles. The van der Waals surface area contributed by atoms with E-state index in [-0.39, 0.29) is 0 Å². The van der Waals surface area contributed by atoms with Gasteiger partial charge in [-0.3, -0.25) is 4.68 Å². The number of fused-ring (bicyclic) bond motifs is 1. The SMILES string of the molecule is Cn1nccc1-c1nn2c(Cc3c(Cl)cccc3Cl)nnc2s1. The Balaban J connectivity index is 1.77. The average molecular weight is 365 g/mol. The summed E-state index contributed by atoms with van der Waals surface area (Å²) in [7, 11) is 1.88. The van der Waals surface area contributed by atoms with Crippen molar-refractivity contribution in [3.63, 3.8) is 0 Å². The molecule has 3 heterocycles. The van der Waals surface area contributed by atoms with E-state index in [9.17, 15) is 0 Å². The van der Waals surface area contributed by atoms with Crippen LogP contribution in [0.4, 0.5) is 0 Å². The molecule has 0 aliphatic heterocycles. The second-order valence-electron chi connectivity index (χ2n) is 4.93. The average Bonchev–Trinajstić information content (AvgIpc) is 3.19. The molecular formula is C14H10Cl2N6S. The molecule has 23 heavy (non-hydrogen) atoms. The minimum atomic E-state index is 0.467. The smallest absolute Gasteiger partial charge is 0.235 e. The summed E-state index contributed by atoms with van der Waals surface area (Å²) < 4.78 is 3.50. The van der Waals surface area contributed by atoms with Gasteiger partial charge in [0, 0.05) is 29.7 Å². The second kappa shape index (κ2) is 5.59. The van der Waals surface area contributed by atoms with E-state index < -0.39 is 0 Å². The molecule has 3 aromatic heterocycles. The Bertz CT molecular complexity index is 982. The van der Waals surface area contributed by atoms with Crippen molar-refractivity contribution in [1.82, 2.24) is 29.6 Å². The van der Waals surface area contributed by atoms with E-state index in [1.165, 1.54) is 11.3 Å². The van der Waals surface area contributed by atoms with Crippen molar-refractivity contribution in [3.8, 4) is 10.7 Å². The largest absolute Gasteiger partial charge is 0.265 e. The zero-order chi connectivity index (χ0) is 16.0. The molecule has 0 unspecified atom stereocenters. The summed E-state index contributed by atoms with van der Waals surface area (Å²) in [6.07, 6.45) is 2.20. The summed E-state index contributed by atoms with van der Waals surface area (Å²) in [4.78, 5) is 0.722. The Kier molecular flexibility index (Phi) is 3.56. The molecule has 0 atom stereocenters. The van der Waals surface area contributed by atoms with Gasteiger partial charge in [0.15, 0.2) is 10.8 Å².